The van der Waals surface area contributed by atoms with E-state index in [-0.39, 0.29) is 0 Å². The molecule has 0 atom stereocenters. The molecule has 0 spiro atoms. The van der Waals surface area contributed by atoms with E-state index in [2.05, 4.69) is 15.5 Å². The Morgan fingerprint density at radius 2 is 1.77 bits per heavy atom. The van der Waals surface area contributed by atoms with Crippen LogP contribution in [0.1, 0.15) is 11.4 Å². The Hall–Kier alpha value is -2.66. The third-order valence-electron chi connectivity index (χ3n) is 3.42. The van der Waals surface area contributed by atoms with E-state index in [1.54, 1.807) is 13.4 Å². The topological polar surface area (TPSA) is 52.0 Å². The molecule has 0 amide bonds. The first-order chi connectivity index (χ1) is 10.9. The number of aromatic nitrogens is 3. The Morgan fingerprint density at radius 3 is 2.50 bits per heavy atom. The van der Waals surface area contributed by atoms with Crippen molar-refractivity contribution in [2.45, 2.75) is 13.1 Å². The molecule has 5 heteroatoms. The number of nitrogens with one attached hydrogen (secondary N) is 1. The maximum absolute atomic E-state index is 5.16. The van der Waals surface area contributed by atoms with Crippen LogP contribution in [0.5, 0.6) is 5.75 Å². The van der Waals surface area contributed by atoms with E-state index >= 15 is 0 Å². The lowest BCUT2D eigenvalue weighted by Gasteiger charge is -2.08. The number of rotatable bonds is 6. The summed E-state index contributed by atoms with van der Waals surface area (Å²) in [5.41, 5.74) is 2.26. The fourth-order valence-corrected chi connectivity index (χ4v) is 2.25. The minimum absolute atomic E-state index is 0.654. The van der Waals surface area contributed by atoms with E-state index < -0.39 is 0 Å². The van der Waals surface area contributed by atoms with Crippen LogP contribution in [0.2, 0.25) is 0 Å². The van der Waals surface area contributed by atoms with Crippen LogP contribution >= 0.6 is 0 Å². The summed E-state index contributed by atoms with van der Waals surface area (Å²) in [4.78, 5) is 0. The summed E-state index contributed by atoms with van der Waals surface area (Å²) in [6.07, 6.45) is 1.74. The van der Waals surface area contributed by atoms with Crippen LogP contribution in [0.25, 0.3) is 5.69 Å². The molecule has 0 aliphatic carbocycles. The van der Waals surface area contributed by atoms with E-state index in [0.29, 0.717) is 6.54 Å². The number of hydrogen-bond acceptors (Lipinski definition) is 4. The van der Waals surface area contributed by atoms with Crippen LogP contribution in [0.4, 0.5) is 0 Å². The van der Waals surface area contributed by atoms with Gasteiger partial charge in [-0.15, -0.1) is 10.2 Å². The van der Waals surface area contributed by atoms with Gasteiger partial charge < -0.3 is 10.1 Å². The van der Waals surface area contributed by atoms with Crippen LogP contribution in [0, 0.1) is 0 Å². The molecule has 0 saturated carbocycles. The molecule has 22 heavy (non-hydrogen) atoms. The lowest BCUT2D eigenvalue weighted by Crippen LogP contribution is -2.16. The van der Waals surface area contributed by atoms with E-state index in [4.69, 9.17) is 4.74 Å². The minimum Gasteiger partial charge on any atom is -0.497 e. The van der Waals surface area contributed by atoms with Crippen molar-refractivity contribution in [2.24, 2.45) is 0 Å². The van der Waals surface area contributed by atoms with Gasteiger partial charge in [0.15, 0.2) is 5.82 Å². The first-order valence-electron chi connectivity index (χ1n) is 7.15. The third-order valence-corrected chi connectivity index (χ3v) is 3.42. The summed E-state index contributed by atoms with van der Waals surface area (Å²) >= 11 is 0. The summed E-state index contributed by atoms with van der Waals surface area (Å²) < 4.78 is 7.14. The van der Waals surface area contributed by atoms with Gasteiger partial charge in [-0.3, -0.25) is 4.57 Å². The van der Waals surface area contributed by atoms with Gasteiger partial charge in [-0.25, -0.2) is 0 Å². The Kier molecular flexibility index (Phi) is 4.46. The zero-order valence-electron chi connectivity index (χ0n) is 12.4. The van der Waals surface area contributed by atoms with Gasteiger partial charge in [-0.2, -0.15) is 0 Å². The molecule has 2 aromatic carbocycles. The summed E-state index contributed by atoms with van der Waals surface area (Å²) in [7, 11) is 1.67. The second-order valence-corrected chi connectivity index (χ2v) is 4.90. The van der Waals surface area contributed by atoms with E-state index in [9.17, 15) is 0 Å². The Balaban J connectivity index is 1.61. The van der Waals surface area contributed by atoms with Gasteiger partial charge >= 0.3 is 0 Å². The van der Waals surface area contributed by atoms with Crippen molar-refractivity contribution in [1.82, 2.24) is 20.1 Å². The predicted octanol–water partition coefficient (Wildman–Crippen LogP) is 2.57. The number of ether oxygens (including phenoxy) is 1. The number of para-hydroxylation sites is 1. The molecule has 1 N–H and O–H groups in total. The van der Waals surface area contributed by atoms with Crippen molar-refractivity contribution in [3.8, 4) is 11.4 Å². The Labute approximate surface area is 129 Å². The van der Waals surface area contributed by atoms with Gasteiger partial charge in [-0.05, 0) is 29.8 Å². The summed E-state index contributed by atoms with van der Waals surface area (Å²) in [5.74, 6) is 1.76. The molecule has 0 bridgehead atoms. The van der Waals surface area contributed by atoms with E-state index in [1.165, 1.54) is 5.56 Å². The SMILES string of the molecule is COc1ccc(CNCc2nncn2-c2ccccc2)cc1. The van der Waals surface area contributed by atoms with E-state index in [1.807, 2.05) is 59.2 Å². The summed E-state index contributed by atoms with van der Waals surface area (Å²) in [6.45, 7) is 1.42. The van der Waals surface area contributed by atoms with Crippen molar-refractivity contribution in [1.29, 1.82) is 0 Å². The van der Waals surface area contributed by atoms with Crippen LogP contribution in [-0.4, -0.2) is 21.9 Å². The van der Waals surface area contributed by atoms with Gasteiger partial charge in [0.2, 0.25) is 0 Å². The number of benzene rings is 2. The van der Waals surface area contributed by atoms with Crippen LogP contribution in [-0.2, 0) is 13.1 Å². The van der Waals surface area contributed by atoms with Crippen LogP contribution < -0.4 is 10.1 Å². The molecule has 5 nitrogen and oxygen atoms in total. The Morgan fingerprint density at radius 1 is 1.00 bits per heavy atom. The second-order valence-electron chi connectivity index (χ2n) is 4.90. The van der Waals surface area contributed by atoms with Crippen molar-refractivity contribution in [2.75, 3.05) is 7.11 Å². The highest BCUT2D eigenvalue weighted by Gasteiger charge is 2.05. The molecule has 1 heterocycles. The Bertz CT molecular complexity index is 707. The fraction of sp³-hybridized carbons (Fsp3) is 0.176. The van der Waals surface area contributed by atoms with Crippen LogP contribution in [0.15, 0.2) is 60.9 Å². The minimum atomic E-state index is 0.654. The van der Waals surface area contributed by atoms with Crippen LogP contribution in [0.3, 0.4) is 0 Å². The average Bonchev–Trinajstić information content (AvgIpc) is 3.05. The van der Waals surface area contributed by atoms with Crippen molar-refractivity contribution < 1.29 is 4.74 Å². The number of nitrogens with zero attached hydrogens (tertiary/aromatic N) is 3. The maximum Gasteiger partial charge on any atom is 0.151 e. The van der Waals surface area contributed by atoms with Gasteiger partial charge in [0, 0.05) is 12.2 Å². The summed E-state index contributed by atoms with van der Waals surface area (Å²) in [6, 6.07) is 18.1. The molecule has 3 aromatic rings. The highest BCUT2D eigenvalue weighted by Crippen LogP contribution is 2.12. The predicted molar refractivity (Wildman–Crippen MR) is 84.9 cm³/mol. The smallest absolute Gasteiger partial charge is 0.151 e. The first kappa shape index (κ1) is 14.3. The third kappa shape index (κ3) is 3.32. The maximum atomic E-state index is 5.16. The van der Waals surface area contributed by atoms with Gasteiger partial charge in [0.05, 0.1) is 13.7 Å². The highest BCUT2D eigenvalue weighted by molar-refractivity contribution is 5.32. The lowest BCUT2D eigenvalue weighted by atomic mass is 10.2. The molecule has 0 aliphatic rings. The van der Waals surface area contributed by atoms with Gasteiger partial charge in [-0.1, -0.05) is 30.3 Å². The van der Waals surface area contributed by atoms with Gasteiger partial charge in [0.1, 0.15) is 12.1 Å². The fourth-order valence-electron chi connectivity index (χ4n) is 2.25. The molecule has 0 fully saturated rings. The normalized spacial score (nSPS) is 10.6. The molecule has 1 aromatic heterocycles. The second kappa shape index (κ2) is 6.87. The average molecular weight is 294 g/mol. The van der Waals surface area contributed by atoms with Gasteiger partial charge in [0.25, 0.3) is 0 Å². The molecule has 0 unspecified atom stereocenters. The van der Waals surface area contributed by atoms with Crippen molar-refractivity contribution in [3.05, 3.63) is 72.3 Å². The largest absolute Gasteiger partial charge is 0.497 e. The molecule has 112 valence electrons. The van der Waals surface area contributed by atoms with Crippen molar-refractivity contribution >= 4 is 0 Å². The molecule has 0 aliphatic heterocycles. The first-order valence-corrected chi connectivity index (χ1v) is 7.15. The van der Waals surface area contributed by atoms with Crippen molar-refractivity contribution in [3.63, 3.8) is 0 Å². The molecular formula is C17H18N4O. The zero-order chi connectivity index (χ0) is 15.2. The lowest BCUT2D eigenvalue weighted by molar-refractivity contribution is 0.414. The highest BCUT2D eigenvalue weighted by atomic mass is 16.5. The molecular weight excluding hydrogens is 276 g/mol. The number of methoxy groups -OCH3 is 1. The zero-order valence-corrected chi connectivity index (χ0v) is 12.4. The quantitative estimate of drug-likeness (QED) is 0.759. The monoisotopic (exact) mass is 294 g/mol. The molecule has 0 radical (unpaired) electrons. The summed E-state index contributed by atoms with van der Waals surface area (Å²) in [5, 5.41) is 11.6. The number of hydrogen-bond donors (Lipinski definition) is 1. The standard InChI is InChI=1S/C17H18N4O/c1-22-16-9-7-14(8-10-16)11-18-12-17-20-19-13-21(17)15-5-3-2-4-6-15/h2-10,13,18H,11-12H2,1H3. The molecule has 3 rings (SSSR count). The van der Waals surface area contributed by atoms with E-state index in [0.717, 1.165) is 23.8 Å². The molecule has 0 saturated heterocycles.